The summed E-state index contributed by atoms with van der Waals surface area (Å²) in [6, 6.07) is 10.3. The van der Waals surface area contributed by atoms with Gasteiger partial charge in [0.1, 0.15) is 5.82 Å². The summed E-state index contributed by atoms with van der Waals surface area (Å²) in [4.78, 5) is 17.9. The van der Waals surface area contributed by atoms with Crippen molar-refractivity contribution >= 4 is 33.4 Å². The van der Waals surface area contributed by atoms with Crippen molar-refractivity contribution in [3.8, 4) is 11.4 Å². The molecule has 3 aromatic heterocycles. The highest BCUT2D eigenvalue weighted by Gasteiger charge is 2.21. The number of hydrogen-bond donors (Lipinski definition) is 1. The van der Waals surface area contributed by atoms with E-state index < -0.39 is 0 Å². The van der Waals surface area contributed by atoms with E-state index in [1.54, 1.807) is 11.3 Å². The molecule has 0 unspecified atom stereocenters. The van der Waals surface area contributed by atoms with Gasteiger partial charge < -0.3 is 5.32 Å². The molecule has 4 heterocycles. The lowest BCUT2D eigenvalue weighted by Crippen LogP contribution is -2.29. The number of fused-ring (bicyclic) bond motifs is 3. The van der Waals surface area contributed by atoms with Crippen LogP contribution in [0.25, 0.3) is 27.7 Å². The number of aromatic nitrogens is 2. The Morgan fingerprint density at radius 1 is 1.19 bits per heavy atom. The first-order valence-corrected chi connectivity index (χ1v) is 10.4. The maximum Gasteiger partial charge on any atom is 0.165 e. The number of carbonyl (C=O) groups excluding carboxylic acids is 1. The Morgan fingerprint density at radius 2 is 2.00 bits per heavy atom. The molecule has 4 nitrogen and oxygen atoms in total. The molecular formula is C22H21N3OS. The summed E-state index contributed by atoms with van der Waals surface area (Å²) in [6.07, 6.45) is 6.70. The molecule has 1 aliphatic heterocycles. The van der Waals surface area contributed by atoms with Crippen molar-refractivity contribution in [3.63, 3.8) is 0 Å². The molecule has 136 valence electrons. The van der Waals surface area contributed by atoms with Crippen LogP contribution in [0.2, 0.25) is 0 Å². The number of rotatable bonds is 4. The number of hydrogen-bond acceptors (Lipinski definition) is 4. The van der Waals surface area contributed by atoms with E-state index in [-0.39, 0.29) is 5.78 Å². The molecule has 1 saturated heterocycles. The van der Waals surface area contributed by atoms with E-state index in [2.05, 4.69) is 43.7 Å². The van der Waals surface area contributed by atoms with Crippen LogP contribution in [0.1, 0.15) is 29.6 Å². The zero-order valence-corrected chi connectivity index (χ0v) is 15.8. The Kier molecular flexibility index (Phi) is 4.26. The number of carbonyl (C=O) groups is 1. The summed E-state index contributed by atoms with van der Waals surface area (Å²) in [7, 11) is 0. The fraction of sp³-hybridized carbons (Fsp3) is 0.273. The molecule has 5 heteroatoms. The number of nitrogens with one attached hydrogen (secondary N) is 1. The van der Waals surface area contributed by atoms with Gasteiger partial charge in [-0.2, -0.15) is 11.3 Å². The van der Waals surface area contributed by atoms with Crippen LogP contribution in [0.3, 0.4) is 0 Å². The predicted molar refractivity (Wildman–Crippen MR) is 111 cm³/mol. The third kappa shape index (κ3) is 2.97. The minimum Gasteiger partial charge on any atom is -0.317 e. The monoisotopic (exact) mass is 375 g/mol. The van der Waals surface area contributed by atoms with E-state index in [9.17, 15) is 4.79 Å². The summed E-state index contributed by atoms with van der Waals surface area (Å²) in [5, 5.41) is 9.65. The lowest BCUT2D eigenvalue weighted by molar-refractivity contribution is 0.0953. The number of Topliss-reactive ketones (excluding diaryl/α,β-unsaturated/α-hetero) is 1. The molecule has 0 saturated carbocycles. The van der Waals surface area contributed by atoms with Crippen LogP contribution in [-0.4, -0.2) is 28.3 Å². The van der Waals surface area contributed by atoms with Gasteiger partial charge >= 0.3 is 0 Å². The highest BCUT2D eigenvalue weighted by atomic mass is 32.1. The first kappa shape index (κ1) is 16.7. The van der Waals surface area contributed by atoms with E-state index in [0.717, 1.165) is 59.2 Å². The third-order valence-electron chi connectivity index (χ3n) is 5.56. The van der Waals surface area contributed by atoms with Crippen LogP contribution in [0.4, 0.5) is 0 Å². The van der Waals surface area contributed by atoms with Gasteiger partial charge in [-0.05, 0) is 48.7 Å². The summed E-state index contributed by atoms with van der Waals surface area (Å²) in [6.45, 7) is 2.03. The van der Waals surface area contributed by atoms with Gasteiger partial charge in [-0.25, -0.2) is 4.98 Å². The zero-order valence-electron chi connectivity index (χ0n) is 15.0. The Hall–Kier alpha value is -2.50. The number of ketones is 1. The first-order chi connectivity index (χ1) is 13.3. The second-order valence-electron chi connectivity index (χ2n) is 7.26. The fourth-order valence-corrected chi connectivity index (χ4v) is 4.75. The Balaban J connectivity index is 1.65. The number of thiophene rings is 1. The summed E-state index contributed by atoms with van der Waals surface area (Å²) in [5.74, 6) is 1.62. The summed E-state index contributed by atoms with van der Waals surface area (Å²) in [5.41, 5.74) is 2.95. The van der Waals surface area contributed by atoms with Crippen molar-refractivity contribution < 1.29 is 4.79 Å². The number of piperidine rings is 1. The molecule has 0 radical (unpaired) electrons. The predicted octanol–water partition coefficient (Wildman–Crippen LogP) is 4.79. The second-order valence-corrected chi connectivity index (χ2v) is 8.04. The number of benzene rings is 1. The van der Waals surface area contributed by atoms with Crippen LogP contribution in [0.15, 0.2) is 53.5 Å². The minimum atomic E-state index is 0.241. The standard InChI is InChI=1S/C22H21N3OS/c26-21(11-15-5-8-23-9-6-15)19-13-25-20(18-4-2-1-3-17(18)19)12-24-22(25)16-7-10-27-14-16/h1-4,7,10,12-15,23H,5-6,8-9,11H2. The minimum absolute atomic E-state index is 0.241. The fourth-order valence-electron chi connectivity index (χ4n) is 4.12. The van der Waals surface area contributed by atoms with Crippen molar-refractivity contribution in [2.45, 2.75) is 19.3 Å². The molecule has 1 N–H and O–H groups in total. The smallest absolute Gasteiger partial charge is 0.165 e. The van der Waals surface area contributed by atoms with Crippen LogP contribution in [-0.2, 0) is 0 Å². The van der Waals surface area contributed by atoms with Crippen molar-refractivity contribution in [2.24, 2.45) is 5.92 Å². The number of pyridine rings is 1. The van der Waals surface area contributed by atoms with Gasteiger partial charge in [0, 0.05) is 34.5 Å². The van der Waals surface area contributed by atoms with E-state index in [1.807, 2.05) is 24.5 Å². The maximum absolute atomic E-state index is 13.2. The average molecular weight is 375 g/mol. The topological polar surface area (TPSA) is 46.4 Å². The van der Waals surface area contributed by atoms with Crippen molar-refractivity contribution in [3.05, 3.63) is 59.0 Å². The van der Waals surface area contributed by atoms with E-state index in [0.29, 0.717) is 12.3 Å². The normalized spacial score (nSPS) is 15.6. The quantitative estimate of drug-likeness (QED) is 0.522. The molecule has 27 heavy (non-hydrogen) atoms. The Labute approximate surface area is 161 Å². The Bertz CT molecular complexity index is 1110. The number of imidazole rings is 1. The lowest BCUT2D eigenvalue weighted by atomic mass is 9.90. The summed E-state index contributed by atoms with van der Waals surface area (Å²) < 4.78 is 2.08. The third-order valence-corrected chi connectivity index (χ3v) is 6.24. The summed E-state index contributed by atoms with van der Waals surface area (Å²) >= 11 is 1.66. The van der Waals surface area contributed by atoms with E-state index in [4.69, 9.17) is 0 Å². The average Bonchev–Trinajstić information content (AvgIpc) is 3.37. The van der Waals surface area contributed by atoms with Crippen LogP contribution >= 0.6 is 11.3 Å². The lowest BCUT2D eigenvalue weighted by Gasteiger charge is -2.22. The van der Waals surface area contributed by atoms with Crippen molar-refractivity contribution in [2.75, 3.05) is 13.1 Å². The van der Waals surface area contributed by atoms with Crippen molar-refractivity contribution in [1.29, 1.82) is 0 Å². The molecule has 1 fully saturated rings. The zero-order chi connectivity index (χ0) is 18.2. The van der Waals surface area contributed by atoms with Crippen molar-refractivity contribution in [1.82, 2.24) is 14.7 Å². The largest absolute Gasteiger partial charge is 0.317 e. The molecule has 0 atom stereocenters. The Morgan fingerprint density at radius 3 is 2.78 bits per heavy atom. The maximum atomic E-state index is 13.2. The molecule has 0 amide bonds. The molecule has 1 aliphatic rings. The van der Waals surface area contributed by atoms with Gasteiger partial charge in [-0.15, -0.1) is 0 Å². The molecule has 0 spiro atoms. The SMILES string of the molecule is O=C(CC1CCNCC1)c1cn2c(-c3ccsc3)ncc2c2ccccc12. The second kappa shape index (κ2) is 6.91. The van der Waals surface area contributed by atoms with Crippen LogP contribution in [0.5, 0.6) is 0 Å². The molecule has 0 aliphatic carbocycles. The van der Waals surface area contributed by atoms with Crippen LogP contribution < -0.4 is 5.32 Å². The molecule has 1 aromatic carbocycles. The van der Waals surface area contributed by atoms with Crippen LogP contribution in [0, 0.1) is 5.92 Å². The van der Waals surface area contributed by atoms with Gasteiger partial charge in [0.25, 0.3) is 0 Å². The highest BCUT2D eigenvalue weighted by Crippen LogP contribution is 2.30. The van der Waals surface area contributed by atoms with E-state index in [1.165, 1.54) is 0 Å². The van der Waals surface area contributed by atoms with Gasteiger partial charge in [-0.1, -0.05) is 24.3 Å². The first-order valence-electron chi connectivity index (χ1n) is 9.46. The van der Waals surface area contributed by atoms with Gasteiger partial charge in [0.05, 0.1) is 11.7 Å². The molecule has 0 bridgehead atoms. The molecule has 4 aromatic rings. The van der Waals surface area contributed by atoms with E-state index >= 15 is 0 Å². The molecular weight excluding hydrogens is 354 g/mol. The highest BCUT2D eigenvalue weighted by molar-refractivity contribution is 7.08. The van der Waals surface area contributed by atoms with Gasteiger partial charge in [0.15, 0.2) is 5.78 Å². The molecule has 5 rings (SSSR count). The van der Waals surface area contributed by atoms with Gasteiger partial charge in [-0.3, -0.25) is 9.20 Å². The van der Waals surface area contributed by atoms with Gasteiger partial charge in [0.2, 0.25) is 0 Å². The number of nitrogens with zero attached hydrogens (tertiary/aromatic N) is 2.